The van der Waals surface area contributed by atoms with E-state index in [1.54, 1.807) is 6.07 Å². The van der Waals surface area contributed by atoms with Gasteiger partial charge in [0.2, 0.25) is 0 Å². The number of amides is 1. The third-order valence-electron chi connectivity index (χ3n) is 4.49. The van der Waals surface area contributed by atoms with E-state index in [2.05, 4.69) is 12.2 Å². The molecule has 0 aliphatic heterocycles. The highest BCUT2D eigenvalue weighted by molar-refractivity contribution is 5.99. The van der Waals surface area contributed by atoms with Crippen molar-refractivity contribution in [1.82, 2.24) is 5.32 Å². The van der Waals surface area contributed by atoms with Gasteiger partial charge in [0.15, 0.2) is 0 Å². The molecule has 1 aliphatic rings. The topological polar surface area (TPSA) is 55.1 Å². The molecule has 1 aromatic rings. The number of hydrogen-bond donors (Lipinski definition) is 2. The molecule has 0 saturated heterocycles. The summed E-state index contributed by atoms with van der Waals surface area (Å²) in [5, 5.41) is 3.08. The number of carbonyl (C=O) groups is 1. The van der Waals surface area contributed by atoms with E-state index in [4.69, 9.17) is 5.73 Å². The zero-order chi connectivity index (χ0) is 13.9. The molecule has 104 valence electrons. The van der Waals surface area contributed by atoms with Gasteiger partial charge in [-0.25, -0.2) is 0 Å². The number of anilines is 1. The Kier molecular flexibility index (Phi) is 4.13. The molecule has 0 bridgehead atoms. The Balaban J connectivity index is 2.03. The van der Waals surface area contributed by atoms with E-state index in [1.807, 2.05) is 19.1 Å². The van der Waals surface area contributed by atoms with Crippen molar-refractivity contribution in [1.29, 1.82) is 0 Å². The summed E-state index contributed by atoms with van der Waals surface area (Å²) in [5.41, 5.74) is 8.41. The van der Waals surface area contributed by atoms with E-state index in [9.17, 15) is 4.79 Å². The van der Waals surface area contributed by atoms with E-state index < -0.39 is 0 Å². The molecule has 3 nitrogen and oxygen atoms in total. The van der Waals surface area contributed by atoms with E-state index in [1.165, 1.54) is 25.7 Å². The van der Waals surface area contributed by atoms with Gasteiger partial charge >= 0.3 is 0 Å². The second kappa shape index (κ2) is 5.64. The molecule has 1 aliphatic carbocycles. The molecule has 1 saturated carbocycles. The molecule has 3 N–H and O–H groups in total. The second-order valence-corrected chi connectivity index (χ2v) is 5.83. The number of hydrogen-bond acceptors (Lipinski definition) is 2. The minimum Gasteiger partial charge on any atom is -0.398 e. The zero-order valence-electron chi connectivity index (χ0n) is 12.0. The van der Waals surface area contributed by atoms with E-state index in [0.717, 1.165) is 18.5 Å². The number of carbonyl (C=O) groups excluding carboxylic acids is 1. The van der Waals surface area contributed by atoms with Gasteiger partial charge in [0.05, 0.1) is 5.56 Å². The van der Waals surface area contributed by atoms with Gasteiger partial charge in [0.1, 0.15) is 0 Å². The quantitative estimate of drug-likeness (QED) is 0.816. The van der Waals surface area contributed by atoms with Crippen molar-refractivity contribution in [3.05, 3.63) is 29.3 Å². The van der Waals surface area contributed by atoms with Gasteiger partial charge < -0.3 is 11.1 Å². The van der Waals surface area contributed by atoms with Crippen molar-refractivity contribution in [3.8, 4) is 0 Å². The van der Waals surface area contributed by atoms with E-state index in [0.29, 0.717) is 16.7 Å². The molecule has 19 heavy (non-hydrogen) atoms. The molecular formula is C16H24N2O. The number of aryl methyl sites for hydroxylation is 1. The lowest BCUT2D eigenvalue weighted by atomic mass is 9.83. The van der Waals surface area contributed by atoms with Crippen molar-refractivity contribution in [2.45, 2.75) is 46.0 Å². The predicted octanol–water partition coefficient (Wildman–Crippen LogP) is 3.28. The number of rotatable bonds is 4. The van der Waals surface area contributed by atoms with Crippen LogP contribution >= 0.6 is 0 Å². The largest absolute Gasteiger partial charge is 0.398 e. The summed E-state index contributed by atoms with van der Waals surface area (Å²) in [4.78, 5) is 12.2. The van der Waals surface area contributed by atoms with Gasteiger partial charge in [0.25, 0.3) is 5.91 Å². The molecule has 1 aromatic carbocycles. The molecule has 0 aromatic heterocycles. The van der Waals surface area contributed by atoms with Crippen LogP contribution < -0.4 is 11.1 Å². The molecule has 1 fully saturated rings. The number of nitrogens with one attached hydrogen (secondary N) is 1. The fourth-order valence-corrected chi connectivity index (χ4v) is 3.01. The van der Waals surface area contributed by atoms with Crippen molar-refractivity contribution in [3.63, 3.8) is 0 Å². The summed E-state index contributed by atoms with van der Waals surface area (Å²) in [6, 6.07) is 5.59. The zero-order valence-corrected chi connectivity index (χ0v) is 12.0. The monoisotopic (exact) mass is 260 g/mol. The molecule has 0 atom stereocenters. The number of nitrogen functional groups attached to an aromatic ring is 1. The normalized spacial score (nSPS) is 17.4. The highest BCUT2D eigenvalue weighted by atomic mass is 16.1. The first-order chi connectivity index (χ1) is 9.06. The maximum atomic E-state index is 12.2. The van der Waals surface area contributed by atoms with Crippen molar-refractivity contribution in [2.75, 3.05) is 12.3 Å². The summed E-state index contributed by atoms with van der Waals surface area (Å²) < 4.78 is 0. The first-order valence-corrected chi connectivity index (χ1v) is 7.21. The average Bonchev–Trinajstić information content (AvgIpc) is 2.88. The molecule has 0 heterocycles. The van der Waals surface area contributed by atoms with E-state index in [-0.39, 0.29) is 5.91 Å². The van der Waals surface area contributed by atoms with Gasteiger partial charge in [-0.05, 0) is 43.7 Å². The average molecular weight is 260 g/mol. The van der Waals surface area contributed by atoms with Crippen LogP contribution in [-0.4, -0.2) is 12.5 Å². The Bertz CT molecular complexity index is 462. The lowest BCUT2D eigenvalue weighted by Gasteiger charge is -2.27. The van der Waals surface area contributed by atoms with Crippen LogP contribution in [0.3, 0.4) is 0 Å². The van der Waals surface area contributed by atoms with Crippen LogP contribution in [0.5, 0.6) is 0 Å². The van der Waals surface area contributed by atoms with Crippen LogP contribution in [0.15, 0.2) is 18.2 Å². The van der Waals surface area contributed by atoms with Gasteiger partial charge in [-0.2, -0.15) is 0 Å². The predicted molar refractivity (Wildman–Crippen MR) is 79.1 cm³/mol. The molecule has 0 radical (unpaired) electrons. The first-order valence-electron chi connectivity index (χ1n) is 7.21. The third-order valence-corrected chi connectivity index (χ3v) is 4.49. The molecule has 3 heteroatoms. The third kappa shape index (κ3) is 3.09. The van der Waals surface area contributed by atoms with Gasteiger partial charge in [-0.3, -0.25) is 4.79 Å². The van der Waals surface area contributed by atoms with Crippen molar-refractivity contribution in [2.24, 2.45) is 5.41 Å². The molecule has 0 unspecified atom stereocenters. The highest BCUT2D eigenvalue weighted by Gasteiger charge is 2.32. The lowest BCUT2D eigenvalue weighted by molar-refractivity contribution is 0.0929. The van der Waals surface area contributed by atoms with Gasteiger partial charge in [-0.1, -0.05) is 31.4 Å². The smallest absolute Gasteiger partial charge is 0.253 e. The molecule has 0 spiro atoms. The standard InChI is InChI=1S/C16H24N2O/c1-3-16(8-4-5-9-16)11-18-15(19)13-10-12(2)6-7-14(13)17/h6-7,10H,3-5,8-9,11,17H2,1-2H3,(H,18,19). The summed E-state index contributed by atoms with van der Waals surface area (Å²) in [7, 11) is 0. The SMILES string of the molecule is CCC1(CNC(=O)c2cc(C)ccc2N)CCCC1. The maximum absolute atomic E-state index is 12.2. The summed E-state index contributed by atoms with van der Waals surface area (Å²) >= 11 is 0. The molecule has 1 amide bonds. The Morgan fingerprint density at radius 1 is 1.37 bits per heavy atom. The van der Waals surface area contributed by atoms with Crippen molar-refractivity contribution >= 4 is 11.6 Å². The van der Waals surface area contributed by atoms with Crippen LogP contribution in [0, 0.1) is 12.3 Å². The lowest BCUT2D eigenvalue weighted by Crippen LogP contribution is -2.35. The molecular weight excluding hydrogens is 236 g/mol. The maximum Gasteiger partial charge on any atom is 0.253 e. The van der Waals surface area contributed by atoms with Crippen LogP contribution in [0.2, 0.25) is 0 Å². The fraction of sp³-hybridized carbons (Fsp3) is 0.562. The Labute approximate surface area is 115 Å². The van der Waals surface area contributed by atoms with Crippen LogP contribution in [0.4, 0.5) is 5.69 Å². The van der Waals surface area contributed by atoms with Crippen LogP contribution in [-0.2, 0) is 0 Å². The first kappa shape index (κ1) is 13.9. The van der Waals surface area contributed by atoms with E-state index >= 15 is 0 Å². The number of nitrogens with two attached hydrogens (primary N) is 1. The summed E-state index contributed by atoms with van der Waals surface area (Å²) in [6.07, 6.45) is 6.17. The van der Waals surface area contributed by atoms with Crippen LogP contribution in [0.1, 0.15) is 54.9 Å². The van der Waals surface area contributed by atoms with Crippen LogP contribution in [0.25, 0.3) is 0 Å². The Morgan fingerprint density at radius 2 is 2.05 bits per heavy atom. The fourth-order valence-electron chi connectivity index (χ4n) is 3.01. The second-order valence-electron chi connectivity index (χ2n) is 5.83. The molecule has 2 rings (SSSR count). The summed E-state index contributed by atoms with van der Waals surface area (Å²) in [6.45, 7) is 4.97. The minimum absolute atomic E-state index is 0.0408. The van der Waals surface area contributed by atoms with Gasteiger partial charge in [0, 0.05) is 12.2 Å². The van der Waals surface area contributed by atoms with Crippen molar-refractivity contribution < 1.29 is 4.79 Å². The Morgan fingerprint density at radius 3 is 2.68 bits per heavy atom. The number of benzene rings is 1. The summed E-state index contributed by atoms with van der Waals surface area (Å²) in [5.74, 6) is -0.0408. The van der Waals surface area contributed by atoms with Gasteiger partial charge in [-0.15, -0.1) is 0 Å². The highest BCUT2D eigenvalue weighted by Crippen LogP contribution is 2.40. The Hall–Kier alpha value is -1.51. The minimum atomic E-state index is -0.0408.